The molecule has 7 heteroatoms. The lowest BCUT2D eigenvalue weighted by Crippen LogP contribution is -2.43. The summed E-state index contributed by atoms with van der Waals surface area (Å²) in [6.45, 7) is 6.48. The molecule has 2 saturated heterocycles. The monoisotopic (exact) mass is 355 g/mol. The molecule has 0 atom stereocenters. The Morgan fingerprint density at radius 1 is 0.870 bits per heavy atom. The van der Waals surface area contributed by atoms with E-state index in [4.69, 9.17) is 0 Å². The van der Waals surface area contributed by atoms with Crippen LogP contribution in [0, 0.1) is 0 Å². The molecular weight excluding hydrogens is 333 g/mol. The maximum absolute atomic E-state index is 4.52. The molecule has 0 saturated carbocycles. The SMILES string of the molecule is Cl.Cl.c1nc(N2CCCC2)c2ccc(N3CCNCC3)cc2n1. The van der Waals surface area contributed by atoms with Crippen molar-refractivity contribution < 1.29 is 0 Å². The zero-order chi connectivity index (χ0) is 14.1. The fraction of sp³-hybridized carbons (Fsp3) is 0.500. The summed E-state index contributed by atoms with van der Waals surface area (Å²) in [5.74, 6) is 1.10. The van der Waals surface area contributed by atoms with Crippen LogP contribution in [0.15, 0.2) is 24.5 Å². The summed E-state index contributed by atoms with van der Waals surface area (Å²) in [6, 6.07) is 6.62. The Hall–Kier alpha value is -1.30. The summed E-state index contributed by atoms with van der Waals surface area (Å²) in [4.78, 5) is 13.8. The quantitative estimate of drug-likeness (QED) is 0.896. The lowest BCUT2D eigenvalue weighted by molar-refractivity contribution is 0.589. The summed E-state index contributed by atoms with van der Waals surface area (Å²) in [5, 5.41) is 4.57. The second-order valence-electron chi connectivity index (χ2n) is 5.83. The average molecular weight is 356 g/mol. The first-order valence-electron chi connectivity index (χ1n) is 7.87. The predicted molar refractivity (Wildman–Crippen MR) is 101 cm³/mol. The topological polar surface area (TPSA) is 44.3 Å². The number of hydrogen-bond acceptors (Lipinski definition) is 5. The third-order valence-corrected chi connectivity index (χ3v) is 4.49. The molecular formula is C16H23Cl2N5. The number of rotatable bonds is 2. The van der Waals surface area contributed by atoms with Crippen molar-refractivity contribution in [1.29, 1.82) is 0 Å². The van der Waals surface area contributed by atoms with Crippen LogP contribution in [0.2, 0.25) is 0 Å². The first-order valence-corrected chi connectivity index (χ1v) is 7.87. The summed E-state index contributed by atoms with van der Waals surface area (Å²) in [5.41, 5.74) is 2.33. The minimum absolute atomic E-state index is 0. The van der Waals surface area contributed by atoms with Gasteiger partial charge in [0.1, 0.15) is 12.1 Å². The van der Waals surface area contributed by atoms with Gasteiger partial charge in [-0.05, 0) is 31.0 Å². The van der Waals surface area contributed by atoms with Gasteiger partial charge in [0.2, 0.25) is 0 Å². The van der Waals surface area contributed by atoms with Crippen molar-refractivity contribution in [1.82, 2.24) is 15.3 Å². The molecule has 23 heavy (non-hydrogen) atoms. The summed E-state index contributed by atoms with van der Waals surface area (Å²) < 4.78 is 0. The van der Waals surface area contributed by atoms with Crippen molar-refractivity contribution in [3.05, 3.63) is 24.5 Å². The lowest BCUT2D eigenvalue weighted by Gasteiger charge is -2.29. The van der Waals surface area contributed by atoms with Crippen LogP contribution < -0.4 is 15.1 Å². The molecule has 2 aromatic rings. The van der Waals surface area contributed by atoms with Crippen LogP contribution in [0.25, 0.3) is 10.9 Å². The standard InChI is InChI=1S/C16H21N5.2ClH/c1-2-8-21(7-1)16-14-4-3-13(11-15(14)18-12-19-16)20-9-5-17-6-10-20;;/h3-4,11-12,17H,1-2,5-10H2;2*1H. The number of piperazine rings is 1. The minimum atomic E-state index is 0. The van der Waals surface area contributed by atoms with Crippen LogP contribution in [-0.2, 0) is 0 Å². The largest absolute Gasteiger partial charge is 0.369 e. The van der Waals surface area contributed by atoms with Gasteiger partial charge in [0.25, 0.3) is 0 Å². The number of hydrogen-bond donors (Lipinski definition) is 1. The third-order valence-electron chi connectivity index (χ3n) is 4.49. The fourth-order valence-corrected chi connectivity index (χ4v) is 3.33. The molecule has 1 aromatic carbocycles. The van der Waals surface area contributed by atoms with Crippen LogP contribution in [0.1, 0.15) is 12.8 Å². The van der Waals surface area contributed by atoms with Crippen LogP contribution in [0.4, 0.5) is 11.5 Å². The highest BCUT2D eigenvalue weighted by Crippen LogP contribution is 2.28. The molecule has 1 aromatic heterocycles. The van der Waals surface area contributed by atoms with E-state index >= 15 is 0 Å². The van der Waals surface area contributed by atoms with Gasteiger partial charge in [-0.25, -0.2) is 9.97 Å². The number of benzene rings is 1. The van der Waals surface area contributed by atoms with Crippen molar-refractivity contribution >= 4 is 47.2 Å². The highest BCUT2D eigenvalue weighted by molar-refractivity contribution is 5.91. The van der Waals surface area contributed by atoms with E-state index in [-0.39, 0.29) is 24.8 Å². The number of aromatic nitrogens is 2. The molecule has 2 aliphatic rings. The Labute approximate surface area is 149 Å². The van der Waals surface area contributed by atoms with Gasteiger partial charge in [0.05, 0.1) is 5.52 Å². The van der Waals surface area contributed by atoms with Crippen LogP contribution in [-0.4, -0.2) is 49.2 Å². The van der Waals surface area contributed by atoms with Gasteiger partial charge >= 0.3 is 0 Å². The van der Waals surface area contributed by atoms with Crippen molar-refractivity contribution in [3.8, 4) is 0 Å². The summed E-state index contributed by atoms with van der Waals surface area (Å²) in [7, 11) is 0. The number of anilines is 2. The molecule has 0 aliphatic carbocycles. The highest BCUT2D eigenvalue weighted by Gasteiger charge is 2.17. The zero-order valence-electron chi connectivity index (χ0n) is 13.1. The maximum atomic E-state index is 4.52. The van der Waals surface area contributed by atoms with Crippen LogP contribution >= 0.6 is 24.8 Å². The van der Waals surface area contributed by atoms with E-state index < -0.39 is 0 Å². The fourth-order valence-electron chi connectivity index (χ4n) is 3.33. The second-order valence-corrected chi connectivity index (χ2v) is 5.83. The minimum Gasteiger partial charge on any atom is -0.369 e. The molecule has 0 spiro atoms. The van der Waals surface area contributed by atoms with Crippen molar-refractivity contribution in [2.45, 2.75) is 12.8 Å². The average Bonchev–Trinajstić information content (AvgIpc) is 3.09. The van der Waals surface area contributed by atoms with Crippen molar-refractivity contribution in [2.24, 2.45) is 0 Å². The smallest absolute Gasteiger partial charge is 0.139 e. The van der Waals surface area contributed by atoms with Gasteiger partial charge in [0, 0.05) is 50.3 Å². The molecule has 126 valence electrons. The van der Waals surface area contributed by atoms with Crippen LogP contribution in [0.3, 0.4) is 0 Å². The predicted octanol–water partition coefficient (Wildman–Crippen LogP) is 2.48. The molecule has 1 N–H and O–H groups in total. The molecule has 0 amide bonds. The molecule has 0 bridgehead atoms. The zero-order valence-corrected chi connectivity index (χ0v) is 14.7. The Bertz CT molecular complexity index is 639. The highest BCUT2D eigenvalue weighted by atomic mass is 35.5. The molecule has 2 aliphatic heterocycles. The van der Waals surface area contributed by atoms with E-state index in [2.05, 4.69) is 43.3 Å². The van der Waals surface area contributed by atoms with Gasteiger partial charge < -0.3 is 15.1 Å². The van der Waals surface area contributed by atoms with Crippen LogP contribution in [0.5, 0.6) is 0 Å². The molecule has 5 nitrogen and oxygen atoms in total. The second kappa shape index (κ2) is 7.99. The van der Waals surface area contributed by atoms with E-state index in [9.17, 15) is 0 Å². The summed E-state index contributed by atoms with van der Waals surface area (Å²) >= 11 is 0. The first kappa shape index (κ1) is 18.0. The summed E-state index contributed by atoms with van der Waals surface area (Å²) in [6.07, 6.45) is 4.24. The van der Waals surface area contributed by atoms with E-state index in [1.54, 1.807) is 6.33 Å². The number of halogens is 2. The van der Waals surface area contributed by atoms with Gasteiger partial charge in [-0.2, -0.15) is 0 Å². The Morgan fingerprint density at radius 2 is 1.61 bits per heavy atom. The van der Waals surface area contributed by atoms with Gasteiger partial charge in [-0.3, -0.25) is 0 Å². The third kappa shape index (κ3) is 3.62. The number of nitrogens with one attached hydrogen (secondary N) is 1. The normalized spacial score (nSPS) is 17.7. The van der Waals surface area contributed by atoms with Gasteiger partial charge in [0.15, 0.2) is 0 Å². The van der Waals surface area contributed by atoms with Gasteiger partial charge in [-0.1, -0.05) is 0 Å². The van der Waals surface area contributed by atoms with E-state index in [1.807, 2.05) is 0 Å². The molecule has 2 fully saturated rings. The first-order chi connectivity index (χ1) is 10.4. The van der Waals surface area contributed by atoms with E-state index in [0.29, 0.717) is 0 Å². The molecule has 0 radical (unpaired) electrons. The maximum Gasteiger partial charge on any atom is 0.139 e. The van der Waals surface area contributed by atoms with E-state index in [0.717, 1.165) is 50.6 Å². The Balaban J connectivity index is 0.000000960. The van der Waals surface area contributed by atoms with Crippen molar-refractivity contribution in [2.75, 3.05) is 49.1 Å². The number of nitrogens with zero attached hydrogens (tertiary/aromatic N) is 4. The number of fused-ring (bicyclic) bond motifs is 1. The lowest BCUT2D eigenvalue weighted by atomic mass is 10.2. The Morgan fingerprint density at radius 3 is 2.35 bits per heavy atom. The molecule has 0 unspecified atom stereocenters. The molecule has 4 rings (SSSR count). The Kier molecular flexibility index (Phi) is 6.27. The van der Waals surface area contributed by atoms with Crippen molar-refractivity contribution in [3.63, 3.8) is 0 Å². The van der Waals surface area contributed by atoms with Gasteiger partial charge in [-0.15, -0.1) is 24.8 Å². The molecule has 3 heterocycles. The van der Waals surface area contributed by atoms with E-state index in [1.165, 1.54) is 23.9 Å².